The molecule has 5 heteroatoms. The van der Waals surface area contributed by atoms with Crippen LogP contribution in [-0.2, 0) is 4.79 Å². The monoisotopic (exact) mass is 582 g/mol. The van der Waals surface area contributed by atoms with Gasteiger partial charge in [0.25, 0.3) is 0 Å². The number of allylic oxidation sites excluding steroid dienone is 2. The lowest BCUT2D eigenvalue weighted by Crippen LogP contribution is -2.50. The average molecular weight is 582 g/mol. The van der Waals surface area contributed by atoms with E-state index in [0.717, 1.165) is 44.9 Å². The number of carbonyl (C=O) groups is 1. The normalized spacial score (nSPS) is 14.0. The Labute approximate surface area is 255 Å². The zero-order valence-electron chi connectivity index (χ0n) is 27.4. The highest BCUT2D eigenvalue weighted by atomic mass is 16.3. The lowest BCUT2D eigenvalue weighted by molar-refractivity contribution is -0.124. The van der Waals surface area contributed by atoms with Gasteiger partial charge in [-0.3, -0.25) is 4.79 Å². The maximum Gasteiger partial charge on any atom is 0.220 e. The second-order valence-electron chi connectivity index (χ2n) is 12.4. The zero-order chi connectivity index (χ0) is 30.2. The van der Waals surface area contributed by atoms with Crippen molar-refractivity contribution in [1.29, 1.82) is 0 Å². The van der Waals surface area contributed by atoms with Crippen LogP contribution in [0.15, 0.2) is 12.2 Å². The number of rotatable bonds is 32. The van der Waals surface area contributed by atoms with Gasteiger partial charge < -0.3 is 20.6 Å². The molecule has 0 aliphatic heterocycles. The minimum absolute atomic E-state index is 0.154. The highest BCUT2D eigenvalue weighted by Gasteiger charge is 2.26. The van der Waals surface area contributed by atoms with E-state index in [9.17, 15) is 20.1 Å². The SMILES string of the molecule is CCCCCCCC/C=C/CCCCCCCC(=O)N[C@@H](CO)[C@H](O)[C@H](O)CCCCCCCCCCCCCC. The van der Waals surface area contributed by atoms with Crippen molar-refractivity contribution >= 4 is 5.91 Å². The molecule has 3 atom stereocenters. The summed E-state index contributed by atoms with van der Waals surface area (Å²) in [5.41, 5.74) is 0. The minimum Gasteiger partial charge on any atom is -0.394 e. The number of nitrogens with one attached hydrogen (secondary N) is 1. The van der Waals surface area contributed by atoms with E-state index in [1.807, 2.05) is 0 Å². The topological polar surface area (TPSA) is 89.8 Å². The Bertz CT molecular complexity index is 568. The molecule has 244 valence electrons. The number of aliphatic hydroxyl groups excluding tert-OH is 3. The first-order chi connectivity index (χ1) is 20.1. The Hall–Kier alpha value is -0.910. The molecular formula is C36H71NO4. The maximum atomic E-state index is 12.3. The Balaban J connectivity index is 3.71. The summed E-state index contributed by atoms with van der Waals surface area (Å²) in [7, 11) is 0. The number of carbonyl (C=O) groups excluding carboxylic acids is 1. The van der Waals surface area contributed by atoms with Crippen LogP contribution < -0.4 is 5.32 Å². The van der Waals surface area contributed by atoms with E-state index < -0.39 is 18.2 Å². The summed E-state index contributed by atoms with van der Waals surface area (Å²) in [6.07, 6.45) is 34.4. The number of unbranched alkanes of at least 4 members (excludes halogenated alkanes) is 22. The van der Waals surface area contributed by atoms with Crippen molar-refractivity contribution in [2.45, 2.75) is 205 Å². The van der Waals surface area contributed by atoms with Crippen molar-refractivity contribution in [3.63, 3.8) is 0 Å². The van der Waals surface area contributed by atoms with Crippen LogP contribution in [0.1, 0.15) is 187 Å². The van der Waals surface area contributed by atoms with Crippen molar-refractivity contribution in [2.24, 2.45) is 0 Å². The summed E-state index contributed by atoms with van der Waals surface area (Å²) in [6, 6.07) is -0.807. The molecule has 5 nitrogen and oxygen atoms in total. The third-order valence-electron chi connectivity index (χ3n) is 8.37. The second kappa shape index (κ2) is 32.0. The summed E-state index contributed by atoms with van der Waals surface area (Å²) >= 11 is 0. The summed E-state index contributed by atoms with van der Waals surface area (Å²) in [5.74, 6) is -0.154. The van der Waals surface area contributed by atoms with Gasteiger partial charge in [-0.25, -0.2) is 0 Å². The van der Waals surface area contributed by atoms with Gasteiger partial charge in [0, 0.05) is 6.42 Å². The van der Waals surface area contributed by atoms with Gasteiger partial charge in [0.1, 0.15) is 6.10 Å². The van der Waals surface area contributed by atoms with Gasteiger partial charge in [-0.1, -0.05) is 154 Å². The Morgan fingerprint density at radius 1 is 0.585 bits per heavy atom. The lowest BCUT2D eigenvalue weighted by atomic mass is 9.99. The smallest absolute Gasteiger partial charge is 0.220 e. The molecule has 0 fully saturated rings. The number of hydrogen-bond acceptors (Lipinski definition) is 4. The molecule has 1 amide bonds. The molecule has 0 rings (SSSR count). The fraction of sp³-hybridized carbons (Fsp3) is 0.917. The van der Waals surface area contributed by atoms with Gasteiger partial charge in [-0.05, 0) is 38.5 Å². The van der Waals surface area contributed by atoms with Crippen LogP contribution in [0.3, 0.4) is 0 Å². The molecule has 0 aliphatic carbocycles. The third kappa shape index (κ3) is 27.7. The van der Waals surface area contributed by atoms with Crippen molar-refractivity contribution in [1.82, 2.24) is 5.32 Å². The van der Waals surface area contributed by atoms with Gasteiger partial charge in [0.05, 0.1) is 18.8 Å². The lowest BCUT2D eigenvalue weighted by Gasteiger charge is -2.26. The van der Waals surface area contributed by atoms with E-state index in [4.69, 9.17) is 0 Å². The number of aliphatic hydroxyl groups is 3. The predicted molar refractivity (Wildman–Crippen MR) is 176 cm³/mol. The molecule has 0 aromatic heterocycles. The second-order valence-corrected chi connectivity index (χ2v) is 12.4. The fourth-order valence-electron chi connectivity index (χ4n) is 5.51. The Kier molecular flexibility index (Phi) is 31.3. The van der Waals surface area contributed by atoms with Gasteiger partial charge in [-0.2, -0.15) is 0 Å². The van der Waals surface area contributed by atoms with E-state index in [2.05, 4.69) is 31.3 Å². The van der Waals surface area contributed by atoms with E-state index in [-0.39, 0.29) is 12.5 Å². The summed E-state index contributed by atoms with van der Waals surface area (Å²) < 4.78 is 0. The van der Waals surface area contributed by atoms with Crippen LogP contribution in [0.4, 0.5) is 0 Å². The van der Waals surface area contributed by atoms with Crippen molar-refractivity contribution in [2.75, 3.05) is 6.61 Å². The molecule has 41 heavy (non-hydrogen) atoms. The molecular weight excluding hydrogens is 510 g/mol. The van der Waals surface area contributed by atoms with E-state index in [0.29, 0.717) is 12.8 Å². The molecule has 0 bridgehead atoms. The molecule has 0 unspecified atom stereocenters. The first-order valence-electron chi connectivity index (χ1n) is 18.0. The molecule has 0 radical (unpaired) electrons. The van der Waals surface area contributed by atoms with Crippen LogP contribution in [0.2, 0.25) is 0 Å². The van der Waals surface area contributed by atoms with Crippen molar-refractivity contribution < 1.29 is 20.1 Å². The number of hydrogen-bond donors (Lipinski definition) is 4. The zero-order valence-corrected chi connectivity index (χ0v) is 27.4. The molecule has 0 aromatic carbocycles. The minimum atomic E-state index is -1.13. The fourth-order valence-corrected chi connectivity index (χ4v) is 5.51. The standard InChI is InChI=1S/C36H71NO4/c1-3-5-7-9-11-13-15-17-18-19-21-23-25-27-29-31-35(40)37-33(32-38)36(41)34(39)30-28-26-24-22-20-16-14-12-10-8-6-4-2/h17-18,33-34,36,38-39,41H,3-16,19-32H2,1-2H3,(H,37,40)/b18-17+/t33-,34+,36-/m0/s1. The van der Waals surface area contributed by atoms with Crippen LogP contribution in [0.5, 0.6) is 0 Å². The first-order valence-corrected chi connectivity index (χ1v) is 18.0. The molecule has 0 aliphatic rings. The Morgan fingerprint density at radius 2 is 0.976 bits per heavy atom. The molecule has 4 N–H and O–H groups in total. The van der Waals surface area contributed by atoms with Gasteiger partial charge in [0.2, 0.25) is 5.91 Å². The van der Waals surface area contributed by atoms with Crippen LogP contribution in [-0.4, -0.2) is 46.1 Å². The third-order valence-corrected chi connectivity index (χ3v) is 8.37. The van der Waals surface area contributed by atoms with Gasteiger partial charge in [0.15, 0.2) is 0 Å². The molecule has 0 saturated heterocycles. The van der Waals surface area contributed by atoms with Crippen molar-refractivity contribution in [3.05, 3.63) is 12.2 Å². The first kappa shape index (κ1) is 40.1. The summed E-state index contributed by atoms with van der Waals surface area (Å²) in [5, 5.41) is 33.3. The molecule has 0 heterocycles. The highest BCUT2D eigenvalue weighted by molar-refractivity contribution is 5.76. The average Bonchev–Trinajstić information content (AvgIpc) is 2.97. The summed E-state index contributed by atoms with van der Waals surface area (Å²) in [6.45, 7) is 4.15. The predicted octanol–water partition coefficient (Wildman–Crippen LogP) is 9.31. The van der Waals surface area contributed by atoms with Gasteiger partial charge >= 0.3 is 0 Å². The van der Waals surface area contributed by atoms with Gasteiger partial charge in [-0.15, -0.1) is 0 Å². The highest BCUT2D eigenvalue weighted by Crippen LogP contribution is 2.15. The van der Waals surface area contributed by atoms with Crippen LogP contribution in [0.25, 0.3) is 0 Å². The van der Waals surface area contributed by atoms with E-state index in [1.165, 1.54) is 116 Å². The molecule has 0 aromatic rings. The molecule has 0 spiro atoms. The molecule has 0 saturated carbocycles. The largest absolute Gasteiger partial charge is 0.394 e. The van der Waals surface area contributed by atoms with Crippen molar-refractivity contribution in [3.8, 4) is 0 Å². The van der Waals surface area contributed by atoms with E-state index >= 15 is 0 Å². The number of amides is 1. The summed E-state index contributed by atoms with van der Waals surface area (Å²) in [4.78, 5) is 12.3. The maximum absolute atomic E-state index is 12.3. The van der Waals surface area contributed by atoms with Crippen LogP contribution in [0, 0.1) is 0 Å². The Morgan fingerprint density at radius 3 is 1.41 bits per heavy atom. The van der Waals surface area contributed by atoms with Crippen LogP contribution >= 0.6 is 0 Å². The quantitative estimate of drug-likeness (QED) is 0.0471. The van der Waals surface area contributed by atoms with E-state index in [1.54, 1.807) is 0 Å².